The van der Waals surface area contributed by atoms with Crippen LogP contribution in [0, 0.1) is 0 Å². The van der Waals surface area contributed by atoms with Gasteiger partial charge < -0.3 is 19.5 Å². The fourth-order valence-corrected chi connectivity index (χ4v) is 8.49. The van der Waals surface area contributed by atoms with Crippen LogP contribution in [0.25, 0.3) is 0 Å². The molecule has 0 unspecified atom stereocenters. The molecule has 1 aliphatic heterocycles. The van der Waals surface area contributed by atoms with Crippen molar-refractivity contribution >= 4 is 54.7 Å². The zero-order valence-corrected chi connectivity index (χ0v) is 24.5. The first kappa shape index (κ1) is 28.9. The van der Waals surface area contributed by atoms with E-state index in [2.05, 4.69) is 26.0 Å². The van der Waals surface area contributed by atoms with Crippen LogP contribution in [0.4, 0.5) is 18.9 Å². The van der Waals surface area contributed by atoms with Crippen LogP contribution in [-0.2, 0) is 16.2 Å². The Balaban J connectivity index is 1.58. The second kappa shape index (κ2) is 11.2. The van der Waals surface area contributed by atoms with Crippen molar-refractivity contribution in [3.8, 4) is 17.2 Å². The van der Waals surface area contributed by atoms with Crippen LogP contribution in [0.2, 0.25) is 0 Å². The van der Waals surface area contributed by atoms with Crippen molar-refractivity contribution in [1.29, 1.82) is 0 Å². The van der Waals surface area contributed by atoms with Crippen LogP contribution in [0.5, 0.6) is 17.2 Å². The highest BCUT2D eigenvalue weighted by atomic mass is 79.9. The minimum absolute atomic E-state index is 0.0123. The first-order valence-corrected chi connectivity index (χ1v) is 15.1. The van der Waals surface area contributed by atoms with E-state index in [0.29, 0.717) is 39.7 Å². The van der Waals surface area contributed by atoms with Crippen molar-refractivity contribution in [2.75, 3.05) is 32.0 Å². The van der Waals surface area contributed by atoms with Gasteiger partial charge in [-0.05, 0) is 65.8 Å². The Morgan fingerprint density at radius 2 is 1.82 bits per heavy atom. The highest BCUT2D eigenvalue weighted by Crippen LogP contribution is 2.44. The Morgan fingerprint density at radius 3 is 2.45 bits per heavy atom. The SMILES string of the molecule is COc1ccc(Sc2sc(S(=O)(=O)Nc3ccc(C(F)(F)F)c(O[C@]4(C)CCNC4)c3)cc2Br)cc1OC. The molecule has 0 bridgehead atoms. The van der Waals surface area contributed by atoms with E-state index in [1.165, 1.54) is 32.0 Å². The maximum atomic E-state index is 13.6. The molecule has 4 rings (SSSR count). The fourth-order valence-electron chi connectivity index (χ4n) is 3.78. The number of hydrogen-bond acceptors (Lipinski definition) is 8. The Labute approximate surface area is 235 Å². The lowest BCUT2D eigenvalue weighted by Crippen LogP contribution is -2.35. The maximum Gasteiger partial charge on any atom is 0.419 e. The second-order valence-electron chi connectivity index (χ2n) is 8.61. The van der Waals surface area contributed by atoms with Gasteiger partial charge >= 0.3 is 6.18 Å². The number of alkyl halides is 3. The highest BCUT2D eigenvalue weighted by molar-refractivity contribution is 9.10. The summed E-state index contributed by atoms with van der Waals surface area (Å²) < 4.78 is 87.2. The molecule has 1 aromatic heterocycles. The number of thiophene rings is 1. The van der Waals surface area contributed by atoms with Crippen LogP contribution < -0.4 is 24.2 Å². The third-order valence-corrected chi connectivity index (χ3v) is 11.0. The Hall–Kier alpha value is -2.13. The monoisotopic (exact) mass is 652 g/mol. The number of hydrogen-bond donors (Lipinski definition) is 2. The zero-order chi connectivity index (χ0) is 27.7. The van der Waals surface area contributed by atoms with Gasteiger partial charge in [0.1, 0.15) is 15.6 Å². The molecule has 38 heavy (non-hydrogen) atoms. The molecule has 0 spiro atoms. The maximum absolute atomic E-state index is 13.6. The summed E-state index contributed by atoms with van der Waals surface area (Å²) in [4.78, 5) is 0.793. The molecule has 1 aliphatic rings. The fraction of sp³-hybridized carbons (Fsp3) is 0.333. The standard InChI is InChI=1S/C24H24BrF3N2O5S3/c1-23(8-9-29-13-23)35-19-10-14(4-6-16(19)24(26,27)28)30-38(31,32)21-12-17(25)22(37-21)36-15-5-7-18(33-2)20(11-15)34-3/h4-7,10-12,29-30H,8-9,13H2,1-3H3/t23-/m1/s1. The number of anilines is 1. The average molecular weight is 654 g/mol. The van der Waals surface area contributed by atoms with Gasteiger partial charge in [-0.2, -0.15) is 13.2 Å². The molecule has 2 aromatic carbocycles. The normalized spacial score (nSPS) is 17.9. The van der Waals surface area contributed by atoms with Gasteiger partial charge in [0.2, 0.25) is 0 Å². The van der Waals surface area contributed by atoms with Gasteiger partial charge in [0, 0.05) is 28.4 Å². The third kappa shape index (κ3) is 6.53. The van der Waals surface area contributed by atoms with Crippen LogP contribution in [-0.4, -0.2) is 41.3 Å². The summed E-state index contributed by atoms with van der Waals surface area (Å²) >= 11 is 5.74. The Kier molecular flexibility index (Phi) is 8.48. The molecule has 0 aliphatic carbocycles. The summed E-state index contributed by atoms with van der Waals surface area (Å²) in [5.74, 6) is 0.663. The molecule has 1 saturated heterocycles. The number of ether oxygens (including phenoxy) is 3. The lowest BCUT2D eigenvalue weighted by molar-refractivity contribution is -0.139. The van der Waals surface area contributed by atoms with E-state index >= 15 is 0 Å². The molecule has 0 amide bonds. The predicted octanol–water partition coefficient (Wildman–Crippen LogP) is 6.63. The first-order valence-electron chi connectivity index (χ1n) is 11.2. The van der Waals surface area contributed by atoms with E-state index in [0.717, 1.165) is 34.4 Å². The predicted molar refractivity (Wildman–Crippen MR) is 144 cm³/mol. The molecule has 14 heteroatoms. The Bertz CT molecular complexity index is 1420. The van der Waals surface area contributed by atoms with Crippen LogP contribution >= 0.6 is 39.0 Å². The molecule has 1 fully saturated rings. The minimum Gasteiger partial charge on any atom is -0.493 e. The summed E-state index contributed by atoms with van der Waals surface area (Å²) in [7, 11) is -1.06. The van der Waals surface area contributed by atoms with E-state index in [-0.39, 0.29) is 9.90 Å². The van der Waals surface area contributed by atoms with Crippen molar-refractivity contribution in [3.63, 3.8) is 0 Å². The molecule has 3 aromatic rings. The molecule has 2 heterocycles. The van der Waals surface area contributed by atoms with Crippen LogP contribution in [0.15, 0.2) is 60.3 Å². The van der Waals surface area contributed by atoms with Gasteiger partial charge in [-0.15, -0.1) is 11.3 Å². The molecule has 7 nitrogen and oxygen atoms in total. The molecular weight excluding hydrogens is 629 g/mol. The van der Waals surface area contributed by atoms with Crippen molar-refractivity contribution in [2.24, 2.45) is 0 Å². The summed E-state index contributed by atoms with van der Waals surface area (Å²) in [6.07, 6.45) is -4.14. The molecular formula is C24H24BrF3N2O5S3. The quantitative estimate of drug-likeness (QED) is 0.268. The largest absolute Gasteiger partial charge is 0.493 e. The van der Waals surface area contributed by atoms with E-state index in [1.54, 1.807) is 19.1 Å². The smallest absolute Gasteiger partial charge is 0.419 e. The molecule has 2 N–H and O–H groups in total. The van der Waals surface area contributed by atoms with Crippen LogP contribution in [0.3, 0.4) is 0 Å². The second-order valence-corrected chi connectivity index (χ2v) is 13.8. The topological polar surface area (TPSA) is 85.9 Å². The molecule has 1 atom stereocenters. The third-order valence-electron chi connectivity index (χ3n) is 5.69. The summed E-state index contributed by atoms with van der Waals surface area (Å²) in [6, 6.07) is 9.75. The summed E-state index contributed by atoms with van der Waals surface area (Å²) in [5.41, 5.74) is -1.85. The zero-order valence-electron chi connectivity index (χ0n) is 20.4. The van der Waals surface area contributed by atoms with Gasteiger partial charge in [-0.3, -0.25) is 4.72 Å². The first-order chi connectivity index (χ1) is 17.8. The van der Waals surface area contributed by atoms with Crippen molar-refractivity contribution in [3.05, 3.63) is 52.5 Å². The summed E-state index contributed by atoms with van der Waals surface area (Å²) in [6.45, 7) is 2.70. The van der Waals surface area contributed by atoms with Gasteiger partial charge in [-0.25, -0.2) is 8.42 Å². The number of rotatable bonds is 9. The number of methoxy groups -OCH3 is 2. The molecule has 0 radical (unpaired) electrons. The minimum atomic E-state index is -4.66. The number of halogens is 4. The van der Waals surface area contributed by atoms with Crippen molar-refractivity contribution in [2.45, 2.75) is 38.4 Å². The van der Waals surface area contributed by atoms with Gasteiger partial charge in [-0.1, -0.05) is 11.8 Å². The number of benzene rings is 2. The highest BCUT2D eigenvalue weighted by Gasteiger charge is 2.38. The number of nitrogens with one attached hydrogen (secondary N) is 2. The molecule has 0 saturated carbocycles. The summed E-state index contributed by atoms with van der Waals surface area (Å²) in [5, 5.41) is 3.07. The van der Waals surface area contributed by atoms with Gasteiger partial charge in [0.25, 0.3) is 10.0 Å². The lowest BCUT2D eigenvalue weighted by Gasteiger charge is -2.27. The van der Waals surface area contributed by atoms with E-state index < -0.39 is 33.1 Å². The Morgan fingerprint density at radius 1 is 1.08 bits per heavy atom. The van der Waals surface area contributed by atoms with Gasteiger partial charge in [0.15, 0.2) is 11.5 Å². The van der Waals surface area contributed by atoms with Gasteiger partial charge in [0.05, 0.1) is 29.7 Å². The van der Waals surface area contributed by atoms with E-state index in [9.17, 15) is 21.6 Å². The van der Waals surface area contributed by atoms with E-state index in [4.69, 9.17) is 14.2 Å². The van der Waals surface area contributed by atoms with Crippen molar-refractivity contribution in [1.82, 2.24) is 5.32 Å². The van der Waals surface area contributed by atoms with Crippen LogP contribution in [0.1, 0.15) is 18.9 Å². The van der Waals surface area contributed by atoms with Crippen molar-refractivity contribution < 1.29 is 35.8 Å². The van der Waals surface area contributed by atoms with E-state index in [1.807, 2.05) is 6.07 Å². The average Bonchev–Trinajstić information content (AvgIpc) is 3.44. The lowest BCUT2D eigenvalue weighted by atomic mass is 10.1. The number of sulfonamides is 1. The molecule has 206 valence electrons.